The summed E-state index contributed by atoms with van der Waals surface area (Å²) in [6.45, 7) is 8.15. The van der Waals surface area contributed by atoms with Crippen LogP contribution in [0.1, 0.15) is 42.5 Å². The number of benzene rings is 2. The van der Waals surface area contributed by atoms with Crippen molar-refractivity contribution in [3.63, 3.8) is 0 Å². The van der Waals surface area contributed by atoms with E-state index >= 15 is 4.39 Å². The molecule has 11 heteroatoms. The second kappa shape index (κ2) is 13.0. The number of piperazine rings is 1. The van der Waals surface area contributed by atoms with E-state index in [2.05, 4.69) is 15.2 Å². The molecule has 0 spiro atoms. The molecule has 7 nitrogen and oxygen atoms in total. The predicted molar refractivity (Wildman–Crippen MR) is 161 cm³/mol. The van der Waals surface area contributed by atoms with E-state index in [1.165, 1.54) is 12.1 Å². The van der Waals surface area contributed by atoms with E-state index in [9.17, 15) is 9.18 Å². The Morgan fingerprint density at radius 3 is 2.59 bits per heavy atom. The summed E-state index contributed by atoms with van der Waals surface area (Å²) in [6, 6.07) is 13.6. The quantitative estimate of drug-likeness (QED) is 0.256. The Kier molecular flexibility index (Phi) is 9.60. The van der Waals surface area contributed by atoms with E-state index in [-0.39, 0.29) is 48.3 Å². The second-order valence-electron chi connectivity index (χ2n) is 9.84. The van der Waals surface area contributed by atoms with Crippen LogP contribution in [0.15, 0.2) is 54.7 Å². The number of pyridine rings is 1. The van der Waals surface area contributed by atoms with Gasteiger partial charge in [0.05, 0.1) is 23.0 Å². The van der Waals surface area contributed by atoms with Gasteiger partial charge in [0, 0.05) is 50.2 Å². The SMILES string of the molecule is CCOc1ccc(N2CCN(c3ccc(CNC(=O)c4c(CC)nc5ccc(Cl)cn45)cc3F)C[C@@H]2C)cc1F.Cl. The smallest absolute Gasteiger partial charge is 0.270 e. The summed E-state index contributed by atoms with van der Waals surface area (Å²) in [6.07, 6.45) is 2.25. The fourth-order valence-electron chi connectivity index (χ4n) is 5.24. The third-order valence-electron chi connectivity index (χ3n) is 7.18. The van der Waals surface area contributed by atoms with Gasteiger partial charge < -0.3 is 19.9 Å². The van der Waals surface area contributed by atoms with E-state index in [0.717, 1.165) is 5.69 Å². The van der Waals surface area contributed by atoms with Crippen LogP contribution in [0.3, 0.4) is 0 Å². The molecular weight excluding hydrogens is 571 g/mol. The number of imidazole rings is 1. The Morgan fingerprint density at radius 1 is 1.10 bits per heavy atom. The van der Waals surface area contributed by atoms with Crippen molar-refractivity contribution >= 4 is 46.9 Å². The molecule has 0 saturated carbocycles. The Morgan fingerprint density at radius 2 is 1.90 bits per heavy atom. The minimum atomic E-state index is -0.390. The highest BCUT2D eigenvalue weighted by atomic mass is 35.5. The Bertz CT molecular complexity index is 1550. The molecule has 2 aromatic carbocycles. The predicted octanol–water partition coefficient (Wildman–Crippen LogP) is 6.29. The molecule has 0 radical (unpaired) electrons. The van der Waals surface area contributed by atoms with Crippen LogP contribution < -0.4 is 19.9 Å². The van der Waals surface area contributed by atoms with E-state index in [4.69, 9.17) is 16.3 Å². The van der Waals surface area contributed by atoms with Crippen LogP contribution in [0, 0.1) is 11.6 Å². The van der Waals surface area contributed by atoms with Crippen molar-refractivity contribution in [1.29, 1.82) is 0 Å². The maximum Gasteiger partial charge on any atom is 0.270 e. The number of aromatic nitrogens is 2. The third kappa shape index (κ3) is 6.36. The molecule has 1 N–H and O–H groups in total. The third-order valence-corrected chi connectivity index (χ3v) is 7.41. The monoisotopic (exact) mass is 603 g/mol. The van der Waals surface area contributed by atoms with Crippen LogP contribution >= 0.6 is 24.0 Å². The second-order valence-corrected chi connectivity index (χ2v) is 10.3. The molecule has 0 aliphatic carbocycles. The lowest BCUT2D eigenvalue weighted by Crippen LogP contribution is -2.52. The summed E-state index contributed by atoms with van der Waals surface area (Å²) in [5, 5.41) is 3.39. The highest BCUT2D eigenvalue weighted by Crippen LogP contribution is 2.29. The number of hydrogen-bond donors (Lipinski definition) is 1. The fourth-order valence-corrected chi connectivity index (χ4v) is 5.40. The zero-order valence-electron chi connectivity index (χ0n) is 23.2. The molecule has 0 unspecified atom stereocenters. The average molecular weight is 605 g/mol. The van der Waals surface area contributed by atoms with Crippen molar-refractivity contribution in [3.05, 3.63) is 88.3 Å². The first-order chi connectivity index (χ1) is 19.3. The molecule has 1 saturated heterocycles. The number of nitrogens with zero attached hydrogens (tertiary/aromatic N) is 4. The highest BCUT2D eigenvalue weighted by Gasteiger charge is 2.26. The lowest BCUT2D eigenvalue weighted by Gasteiger charge is -2.42. The first-order valence-corrected chi connectivity index (χ1v) is 13.8. The van der Waals surface area contributed by atoms with Crippen LogP contribution in [0.5, 0.6) is 5.75 Å². The van der Waals surface area contributed by atoms with E-state index < -0.39 is 0 Å². The number of nitrogens with one attached hydrogen (secondary N) is 1. The van der Waals surface area contributed by atoms with Gasteiger partial charge >= 0.3 is 0 Å². The molecule has 3 heterocycles. The Balaban J connectivity index is 0.00000387. The van der Waals surface area contributed by atoms with Gasteiger partial charge in [0.15, 0.2) is 11.6 Å². The molecule has 218 valence electrons. The van der Waals surface area contributed by atoms with Crippen molar-refractivity contribution in [2.75, 3.05) is 36.0 Å². The summed E-state index contributed by atoms with van der Waals surface area (Å²) < 4.78 is 36.7. The van der Waals surface area contributed by atoms with Gasteiger partial charge in [0.25, 0.3) is 5.91 Å². The van der Waals surface area contributed by atoms with Crippen molar-refractivity contribution in [2.45, 2.75) is 39.8 Å². The van der Waals surface area contributed by atoms with Crippen LogP contribution in [-0.2, 0) is 13.0 Å². The van der Waals surface area contributed by atoms with Gasteiger partial charge in [0.2, 0.25) is 0 Å². The Labute approximate surface area is 249 Å². The minimum Gasteiger partial charge on any atom is -0.491 e. The summed E-state index contributed by atoms with van der Waals surface area (Å²) in [4.78, 5) is 21.7. The van der Waals surface area contributed by atoms with Crippen molar-refractivity contribution in [1.82, 2.24) is 14.7 Å². The molecule has 1 atom stereocenters. The first-order valence-electron chi connectivity index (χ1n) is 13.5. The van der Waals surface area contributed by atoms with E-state index in [0.29, 0.717) is 66.0 Å². The Hall–Kier alpha value is -3.56. The van der Waals surface area contributed by atoms with Crippen molar-refractivity contribution in [3.8, 4) is 5.75 Å². The molecule has 5 rings (SSSR count). The van der Waals surface area contributed by atoms with Gasteiger partial charge in [-0.3, -0.25) is 9.20 Å². The molecule has 0 bridgehead atoms. The first kappa shape index (κ1) is 30.4. The summed E-state index contributed by atoms with van der Waals surface area (Å²) in [5.74, 6) is -0.800. The van der Waals surface area contributed by atoms with Gasteiger partial charge in [-0.1, -0.05) is 24.6 Å². The molecule has 1 aliphatic heterocycles. The number of rotatable bonds is 8. The number of halogens is 4. The average Bonchev–Trinajstić information content (AvgIpc) is 3.31. The van der Waals surface area contributed by atoms with Gasteiger partial charge in [-0.25, -0.2) is 13.8 Å². The van der Waals surface area contributed by atoms with Crippen molar-refractivity contribution in [2.24, 2.45) is 0 Å². The molecule has 41 heavy (non-hydrogen) atoms. The van der Waals surface area contributed by atoms with Crippen LogP contribution in [0.2, 0.25) is 5.02 Å². The lowest BCUT2D eigenvalue weighted by molar-refractivity contribution is 0.0944. The normalized spacial score (nSPS) is 15.1. The molecule has 1 aliphatic rings. The lowest BCUT2D eigenvalue weighted by atomic mass is 10.1. The summed E-state index contributed by atoms with van der Waals surface area (Å²) in [5.41, 5.74) is 3.67. The molecular formula is C30H33Cl2F2N5O2. The van der Waals surface area contributed by atoms with Crippen LogP contribution in [0.25, 0.3) is 5.65 Å². The molecule has 1 fully saturated rings. The number of anilines is 2. The highest BCUT2D eigenvalue weighted by molar-refractivity contribution is 6.30. The molecule has 2 aromatic heterocycles. The van der Waals surface area contributed by atoms with E-state index in [1.807, 2.05) is 37.8 Å². The van der Waals surface area contributed by atoms with Gasteiger partial charge in [-0.15, -0.1) is 12.4 Å². The number of amides is 1. The van der Waals surface area contributed by atoms with Gasteiger partial charge in [-0.2, -0.15) is 0 Å². The summed E-state index contributed by atoms with van der Waals surface area (Å²) >= 11 is 6.14. The maximum absolute atomic E-state index is 15.3. The van der Waals surface area contributed by atoms with Gasteiger partial charge in [-0.05, 0) is 62.2 Å². The standard InChI is InChI=1S/C30H32ClF2N5O2.ClH/c1-4-25-29(38-18-21(31)7-11-28(38)35-25)30(39)34-16-20-6-9-26(23(32)14-20)36-12-13-37(19(3)17-36)22-8-10-27(40-5-2)24(33)15-22;/h6-11,14-15,18-19H,4-5,12-13,16-17H2,1-3H3,(H,34,39);1H/t19-;/m0./s1. The minimum absolute atomic E-state index is 0. The van der Waals surface area contributed by atoms with Crippen LogP contribution in [-0.4, -0.2) is 47.6 Å². The zero-order chi connectivity index (χ0) is 28.4. The zero-order valence-corrected chi connectivity index (χ0v) is 24.7. The summed E-state index contributed by atoms with van der Waals surface area (Å²) in [7, 11) is 0. The number of ether oxygens (including phenoxy) is 1. The number of carbonyl (C=O) groups excluding carboxylic acids is 1. The topological polar surface area (TPSA) is 62.1 Å². The number of carbonyl (C=O) groups is 1. The van der Waals surface area contributed by atoms with E-state index in [1.54, 1.807) is 34.9 Å². The number of fused-ring (bicyclic) bond motifs is 1. The van der Waals surface area contributed by atoms with Gasteiger partial charge in [0.1, 0.15) is 17.2 Å². The number of hydrogen-bond acceptors (Lipinski definition) is 5. The number of aryl methyl sites for hydroxylation is 1. The maximum atomic E-state index is 15.3. The molecule has 4 aromatic rings. The molecule has 1 amide bonds. The largest absolute Gasteiger partial charge is 0.491 e. The van der Waals surface area contributed by atoms with Crippen molar-refractivity contribution < 1.29 is 18.3 Å². The van der Waals surface area contributed by atoms with Crippen LogP contribution in [0.4, 0.5) is 20.2 Å². The fraction of sp³-hybridized carbons (Fsp3) is 0.333.